The summed E-state index contributed by atoms with van der Waals surface area (Å²) in [6.07, 6.45) is 3.13. The summed E-state index contributed by atoms with van der Waals surface area (Å²) in [7, 11) is 1.89. The zero-order valence-corrected chi connectivity index (χ0v) is 13.1. The van der Waals surface area contributed by atoms with Crippen molar-refractivity contribution in [2.75, 3.05) is 23.8 Å². The fourth-order valence-electron chi connectivity index (χ4n) is 2.21. The molecule has 0 aliphatic heterocycles. The highest BCUT2D eigenvalue weighted by Gasteiger charge is 2.12. The van der Waals surface area contributed by atoms with E-state index in [1.807, 2.05) is 19.2 Å². The quantitative estimate of drug-likeness (QED) is 0.833. The summed E-state index contributed by atoms with van der Waals surface area (Å²) in [5.41, 5.74) is 1.17. The number of hydrogen-bond donors (Lipinski definition) is 1. The molecule has 0 atom stereocenters. The molecule has 0 amide bonds. The van der Waals surface area contributed by atoms with Crippen LogP contribution in [-0.2, 0) is 6.42 Å². The van der Waals surface area contributed by atoms with Crippen LogP contribution in [0.5, 0.6) is 0 Å². The first-order chi connectivity index (χ1) is 10.3. The van der Waals surface area contributed by atoms with Crippen LogP contribution in [0, 0.1) is 0 Å². The van der Waals surface area contributed by atoms with Crippen molar-refractivity contribution >= 4 is 17.3 Å². The van der Waals surface area contributed by atoms with Gasteiger partial charge in [-0.15, -0.1) is 0 Å². The van der Waals surface area contributed by atoms with Gasteiger partial charge in [-0.05, 0) is 18.6 Å². The second-order valence-electron chi connectivity index (χ2n) is 4.97. The molecule has 1 N–H and O–H groups in total. The third kappa shape index (κ3) is 3.94. The van der Waals surface area contributed by atoms with Gasteiger partial charge in [0.15, 0.2) is 0 Å². The van der Waals surface area contributed by atoms with Crippen LogP contribution in [0.3, 0.4) is 0 Å². The molecule has 0 saturated heterocycles. The van der Waals surface area contributed by atoms with E-state index in [2.05, 4.69) is 53.3 Å². The third-order valence-electron chi connectivity index (χ3n) is 3.41. The van der Waals surface area contributed by atoms with Crippen LogP contribution in [0.15, 0.2) is 36.4 Å². The standard InChI is InChI=1S/C17H24N4/c1-4-6-12-21(14-10-8-7-9-11-14)17-13-16(18-3)19-15(5-2)20-17/h7-11,13H,4-6,12H2,1-3H3,(H,18,19,20). The monoisotopic (exact) mass is 284 g/mol. The summed E-state index contributed by atoms with van der Waals surface area (Å²) < 4.78 is 0. The zero-order chi connectivity index (χ0) is 15.1. The van der Waals surface area contributed by atoms with Crippen molar-refractivity contribution in [3.63, 3.8) is 0 Å². The molecule has 0 aliphatic rings. The van der Waals surface area contributed by atoms with E-state index in [0.29, 0.717) is 0 Å². The fourth-order valence-corrected chi connectivity index (χ4v) is 2.21. The van der Waals surface area contributed by atoms with Gasteiger partial charge >= 0.3 is 0 Å². The summed E-state index contributed by atoms with van der Waals surface area (Å²) in [5.74, 6) is 2.70. The first kappa shape index (κ1) is 15.3. The summed E-state index contributed by atoms with van der Waals surface area (Å²) in [4.78, 5) is 11.5. The lowest BCUT2D eigenvalue weighted by atomic mass is 10.2. The number of nitrogens with one attached hydrogen (secondary N) is 1. The van der Waals surface area contributed by atoms with Crippen molar-refractivity contribution < 1.29 is 0 Å². The lowest BCUT2D eigenvalue weighted by Gasteiger charge is -2.24. The molecule has 0 fully saturated rings. The van der Waals surface area contributed by atoms with Crippen LogP contribution in [0.1, 0.15) is 32.5 Å². The molecule has 21 heavy (non-hydrogen) atoms. The van der Waals surface area contributed by atoms with Crippen LogP contribution in [0.2, 0.25) is 0 Å². The predicted octanol–water partition coefficient (Wildman–Crippen LogP) is 4.02. The second-order valence-corrected chi connectivity index (χ2v) is 4.97. The molecule has 0 spiro atoms. The Morgan fingerprint density at radius 1 is 1.10 bits per heavy atom. The Kier molecular flexibility index (Phi) is 5.55. The number of aryl methyl sites for hydroxylation is 1. The van der Waals surface area contributed by atoms with Crippen molar-refractivity contribution in [2.24, 2.45) is 0 Å². The van der Waals surface area contributed by atoms with Crippen LogP contribution in [-0.4, -0.2) is 23.6 Å². The van der Waals surface area contributed by atoms with Gasteiger partial charge in [-0.3, -0.25) is 0 Å². The maximum atomic E-state index is 4.70. The van der Waals surface area contributed by atoms with Crippen molar-refractivity contribution in [1.29, 1.82) is 0 Å². The minimum Gasteiger partial charge on any atom is -0.373 e. The Labute approximate surface area is 127 Å². The molecule has 1 aromatic carbocycles. The lowest BCUT2D eigenvalue weighted by Crippen LogP contribution is -2.20. The second kappa shape index (κ2) is 7.62. The van der Waals surface area contributed by atoms with Gasteiger partial charge in [0, 0.05) is 31.8 Å². The van der Waals surface area contributed by atoms with E-state index < -0.39 is 0 Å². The Morgan fingerprint density at radius 2 is 1.86 bits per heavy atom. The first-order valence-corrected chi connectivity index (χ1v) is 7.66. The molecular formula is C17H24N4. The summed E-state index contributed by atoms with van der Waals surface area (Å²) in [5, 5.41) is 3.13. The van der Waals surface area contributed by atoms with Crippen molar-refractivity contribution in [3.8, 4) is 0 Å². The number of aromatic nitrogens is 2. The molecule has 2 rings (SSSR count). The summed E-state index contributed by atoms with van der Waals surface area (Å²) in [6.45, 7) is 5.25. The van der Waals surface area contributed by atoms with E-state index in [1.165, 1.54) is 5.69 Å². The van der Waals surface area contributed by atoms with E-state index in [4.69, 9.17) is 4.98 Å². The molecule has 112 valence electrons. The van der Waals surface area contributed by atoms with E-state index in [9.17, 15) is 0 Å². The van der Waals surface area contributed by atoms with Gasteiger partial charge in [0.05, 0.1) is 0 Å². The zero-order valence-electron chi connectivity index (χ0n) is 13.1. The Bertz CT molecular complexity index is 532. The minimum atomic E-state index is 0.832. The fraction of sp³-hybridized carbons (Fsp3) is 0.412. The van der Waals surface area contributed by atoms with Gasteiger partial charge in [-0.1, -0.05) is 38.5 Å². The molecule has 4 heteroatoms. The van der Waals surface area contributed by atoms with Gasteiger partial charge < -0.3 is 10.2 Å². The number of hydrogen-bond acceptors (Lipinski definition) is 4. The van der Waals surface area contributed by atoms with Gasteiger partial charge in [-0.25, -0.2) is 9.97 Å². The number of rotatable bonds is 7. The molecule has 0 radical (unpaired) electrons. The van der Waals surface area contributed by atoms with Crippen LogP contribution in [0.25, 0.3) is 0 Å². The molecule has 4 nitrogen and oxygen atoms in total. The number of para-hydroxylation sites is 1. The maximum absolute atomic E-state index is 4.70. The van der Waals surface area contributed by atoms with Gasteiger partial charge in [0.2, 0.25) is 0 Å². The highest BCUT2D eigenvalue weighted by atomic mass is 15.2. The largest absolute Gasteiger partial charge is 0.373 e. The number of anilines is 3. The van der Waals surface area contributed by atoms with Gasteiger partial charge in [-0.2, -0.15) is 0 Å². The summed E-state index contributed by atoms with van der Waals surface area (Å²) in [6, 6.07) is 12.4. The topological polar surface area (TPSA) is 41.0 Å². The van der Waals surface area contributed by atoms with Crippen LogP contribution in [0.4, 0.5) is 17.3 Å². The van der Waals surface area contributed by atoms with Crippen molar-refractivity contribution in [2.45, 2.75) is 33.1 Å². The van der Waals surface area contributed by atoms with Gasteiger partial charge in [0.1, 0.15) is 17.5 Å². The first-order valence-electron chi connectivity index (χ1n) is 7.66. The predicted molar refractivity (Wildman–Crippen MR) is 89.3 cm³/mol. The van der Waals surface area contributed by atoms with E-state index in [0.717, 1.165) is 43.3 Å². The van der Waals surface area contributed by atoms with E-state index >= 15 is 0 Å². The van der Waals surface area contributed by atoms with Crippen molar-refractivity contribution in [3.05, 3.63) is 42.2 Å². The number of benzene rings is 1. The number of nitrogens with zero attached hydrogens (tertiary/aromatic N) is 3. The summed E-state index contributed by atoms with van der Waals surface area (Å²) >= 11 is 0. The van der Waals surface area contributed by atoms with E-state index in [-0.39, 0.29) is 0 Å². The average Bonchev–Trinajstić information content (AvgIpc) is 2.55. The maximum Gasteiger partial charge on any atom is 0.138 e. The Balaban J connectivity index is 2.40. The Hall–Kier alpha value is -2.10. The van der Waals surface area contributed by atoms with Gasteiger partial charge in [0.25, 0.3) is 0 Å². The van der Waals surface area contributed by atoms with E-state index in [1.54, 1.807) is 0 Å². The molecule has 1 heterocycles. The smallest absolute Gasteiger partial charge is 0.138 e. The number of unbranched alkanes of at least 4 members (excludes halogenated alkanes) is 1. The molecule has 0 unspecified atom stereocenters. The highest BCUT2D eigenvalue weighted by molar-refractivity contribution is 5.62. The highest BCUT2D eigenvalue weighted by Crippen LogP contribution is 2.25. The molecule has 1 aromatic heterocycles. The molecule has 0 saturated carbocycles. The van der Waals surface area contributed by atoms with Crippen molar-refractivity contribution in [1.82, 2.24) is 9.97 Å². The molecule has 0 bridgehead atoms. The SMILES string of the molecule is CCCCN(c1ccccc1)c1cc(NC)nc(CC)n1. The lowest BCUT2D eigenvalue weighted by molar-refractivity contribution is 0.774. The third-order valence-corrected chi connectivity index (χ3v) is 3.41. The molecule has 2 aromatic rings. The average molecular weight is 284 g/mol. The van der Waals surface area contributed by atoms with Crippen LogP contribution < -0.4 is 10.2 Å². The Morgan fingerprint density at radius 3 is 2.48 bits per heavy atom. The molecule has 0 aliphatic carbocycles. The van der Waals surface area contributed by atoms with Crippen LogP contribution >= 0.6 is 0 Å². The molecular weight excluding hydrogens is 260 g/mol. The normalized spacial score (nSPS) is 10.4. The minimum absolute atomic E-state index is 0.832.